The van der Waals surface area contributed by atoms with Crippen LogP contribution in [-0.2, 0) is 11.3 Å². The van der Waals surface area contributed by atoms with Gasteiger partial charge in [-0.25, -0.2) is 0 Å². The van der Waals surface area contributed by atoms with Crippen LogP contribution in [0.2, 0.25) is 0 Å². The highest BCUT2D eigenvalue weighted by atomic mass is 32.1. The van der Waals surface area contributed by atoms with Gasteiger partial charge in [0.25, 0.3) is 0 Å². The van der Waals surface area contributed by atoms with Crippen LogP contribution >= 0.6 is 12.2 Å². The Labute approximate surface area is 90.1 Å². The smallest absolute Gasteiger partial charge is 0.177 e. The van der Waals surface area contributed by atoms with E-state index in [0.29, 0.717) is 0 Å². The summed E-state index contributed by atoms with van der Waals surface area (Å²) in [5.74, 6) is 0. The number of nitrogens with zero attached hydrogens (tertiary/aromatic N) is 1. The van der Waals surface area contributed by atoms with Crippen LogP contribution in [0.5, 0.6) is 0 Å². The fraction of sp³-hybridized carbons (Fsp3) is 0.700. The van der Waals surface area contributed by atoms with Gasteiger partial charge in [-0.05, 0) is 38.4 Å². The molecule has 0 aliphatic rings. The van der Waals surface area contributed by atoms with Crippen molar-refractivity contribution in [1.82, 2.24) is 9.55 Å². The fourth-order valence-electron chi connectivity index (χ4n) is 1.45. The van der Waals surface area contributed by atoms with E-state index in [1.807, 2.05) is 6.20 Å². The van der Waals surface area contributed by atoms with Crippen molar-refractivity contribution in [3.8, 4) is 0 Å². The molecule has 0 bridgehead atoms. The largest absolute Gasteiger partial charge is 0.385 e. The lowest BCUT2D eigenvalue weighted by molar-refractivity contribution is 0.191. The molecule has 14 heavy (non-hydrogen) atoms. The van der Waals surface area contributed by atoms with Crippen LogP contribution in [-0.4, -0.2) is 23.3 Å². The van der Waals surface area contributed by atoms with E-state index in [1.165, 1.54) is 12.1 Å². The number of rotatable bonds is 6. The highest BCUT2D eigenvalue weighted by molar-refractivity contribution is 7.71. The number of methoxy groups -OCH3 is 1. The summed E-state index contributed by atoms with van der Waals surface area (Å²) in [6, 6.07) is 0. The minimum Gasteiger partial charge on any atom is -0.385 e. The number of hydrogen-bond donors (Lipinski definition) is 1. The molecule has 0 spiro atoms. The van der Waals surface area contributed by atoms with Crippen LogP contribution in [0.4, 0.5) is 0 Å². The average molecular weight is 214 g/mol. The Morgan fingerprint density at radius 2 is 2.21 bits per heavy atom. The van der Waals surface area contributed by atoms with Crippen molar-refractivity contribution in [3.05, 3.63) is 16.7 Å². The lowest BCUT2D eigenvalue weighted by atomic mass is 10.2. The molecular weight excluding hydrogens is 196 g/mol. The second-order valence-electron chi connectivity index (χ2n) is 3.44. The Hall–Kier alpha value is -0.610. The third-order valence-electron chi connectivity index (χ3n) is 2.31. The van der Waals surface area contributed by atoms with Crippen LogP contribution in [0.1, 0.15) is 25.0 Å². The average Bonchev–Trinajstić information content (AvgIpc) is 2.48. The zero-order valence-electron chi connectivity index (χ0n) is 8.88. The molecule has 0 unspecified atom stereocenters. The predicted molar refractivity (Wildman–Crippen MR) is 60.1 cm³/mol. The molecule has 4 heteroatoms. The second kappa shape index (κ2) is 5.98. The summed E-state index contributed by atoms with van der Waals surface area (Å²) in [7, 11) is 1.74. The topological polar surface area (TPSA) is 29.9 Å². The number of aryl methyl sites for hydroxylation is 1. The van der Waals surface area contributed by atoms with Gasteiger partial charge in [-0.3, -0.25) is 0 Å². The maximum absolute atomic E-state index is 5.16. The number of H-pyrrole nitrogens is 1. The number of imidazole rings is 1. The second-order valence-corrected chi connectivity index (χ2v) is 3.83. The SMILES string of the molecule is COCCCCCn1c(C)c[nH]c1=S. The molecule has 0 atom stereocenters. The summed E-state index contributed by atoms with van der Waals surface area (Å²) in [6.45, 7) is 3.94. The Kier molecular flexibility index (Phi) is 4.90. The first-order valence-electron chi connectivity index (χ1n) is 4.99. The van der Waals surface area contributed by atoms with Gasteiger partial charge in [-0.15, -0.1) is 0 Å². The van der Waals surface area contributed by atoms with E-state index in [9.17, 15) is 0 Å². The number of aromatic amines is 1. The molecule has 1 heterocycles. The highest BCUT2D eigenvalue weighted by Crippen LogP contribution is 2.04. The van der Waals surface area contributed by atoms with Gasteiger partial charge >= 0.3 is 0 Å². The zero-order valence-corrected chi connectivity index (χ0v) is 9.69. The molecule has 0 fully saturated rings. The summed E-state index contributed by atoms with van der Waals surface area (Å²) in [5.41, 5.74) is 1.21. The molecule has 3 nitrogen and oxygen atoms in total. The lowest BCUT2D eigenvalue weighted by Crippen LogP contribution is -2.00. The first-order valence-corrected chi connectivity index (χ1v) is 5.40. The molecule has 1 aromatic rings. The number of unbranched alkanes of at least 4 members (excludes halogenated alkanes) is 2. The Balaban J connectivity index is 2.28. The van der Waals surface area contributed by atoms with E-state index >= 15 is 0 Å². The maximum atomic E-state index is 5.16. The molecule has 0 radical (unpaired) electrons. The van der Waals surface area contributed by atoms with E-state index in [2.05, 4.69) is 16.5 Å². The van der Waals surface area contributed by atoms with Crippen LogP contribution in [0.3, 0.4) is 0 Å². The van der Waals surface area contributed by atoms with E-state index in [0.717, 1.165) is 30.8 Å². The number of hydrogen-bond acceptors (Lipinski definition) is 2. The molecule has 1 aromatic heterocycles. The van der Waals surface area contributed by atoms with Crippen LogP contribution in [0.15, 0.2) is 6.20 Å². The standard InChI is InChI=1S/C10H18N2OS/c1-9-8-11-10(14)12(9)6-4-3-5-7-13-2/h8H,3-7H2,1-2H3,(H,11,14). The molecule has 80 valence electrons. The molecule has 1 rings (SSSR count). The quantitative estimate of drug-likeness (QED) is 0.583. The van der Waals surface area contributed by atoms with Gasteiger partial charge in [0, 0.05) is 32.2 Å². The normalized spacial score (nSPS) is 10.7. The molecule has 0 amide bonds. The number of nitrogens with one attached hydrogen (secondary N) is 1. The first kappa shape index (κ1) is 11.5. The highest BCUT2D eigenvalue weighted by Gasteiger charge is 1.98. The van der Waals surface area contributed by atoms with Gasteiger partial charge in [0.2, 0.25) is 0 Å². The van der Waals surface area contributed by atoms with Gasteiger partial charge in [0.1, 0.15) is 0 Å². The Bertz CT molecular complexity index is 316. The number of ether oxygens (including phenoxy) is 1. The van der Waals surface area contributed by atoms with E-state index in [-0.39, 0.29) is 0 Å². The van der Waals surface area contributed by atoms with Crippen LogP contribution in [0, 0.1) is 11.7 Å². The molecule has 0 saturated carbocycles. The van der Waals surface area contributed by atoms with E-state index < -0.39 is 0 Å². The van der Waals surface area contributed by atoms with Crippen molar-refractivity contribution in [2.75, 3.05) is 13.7 Å². The summed E-state index contributed by atoms with van der Waals surface area (Å²) in [6.07, 6.45) is 5.45. The predicted octanol–water partition coefficient (Wildman–Crippen LogP) is 2.67. The van der Waals surface area contributed by atoms with E-state index in [4.69, 9.17) is 17.0 Å². The van der Waals surface area contributed by atoms with Gasteiger partial charge < -0.3 is 14.3 Å². The third kappa shape index (κ3) is 3.27. The monoisotopic (exact) mass is 214 g/mol. The van der Waals surface area contributed by atoms with Gasteiger partial charge in [0.15, 0.2) is 4.77 Å². The summed E-state index contributed by atoms with van der Waals surface area (Å²) >= 11 is 5.16. The Morgan fingerprint density at radius 3 is 2.79 bits per heavy atom. The lowest BCUT2D eigenvalue weighted by Gasteiger charge is -2.04. The summed E-state index contributed by atoms with van der Waals surface area (Å²) < 4.78 is 7.96. The summed E-state index contributed by atoms with van der Waals surface area (Å²) in [5, 5.41) is 0. The zero-order chi connectivity index (χ0) is 10.4. The first-order chi connectivity index (χ1) is 6.75. The van der Waals surface area contributed by atoms with Crippen molar-refractivity contribution in [1.29, 1.82) is 0 Å². The Morgan fingerprint density at radius 1 is 1.43 bits per heavy atom. The van der Waals surface area contributed by atoms with Crippen molar-refractivity contribution in [2.24, 2.45) is 0 Å². The van der Waals surface area contributed by atoms with Gasteiger partial charge in [-0.1, -0.05) is 0 Å². The summed E-state index contributed by atoms with van der Waals surface area (Å²) in [4.78, 5) is 3.04. The van der Waals surface area contributed by atoms with Gasteiger partial charge in [0.05, 0.1) is 0 Å². The van der Waals surface area contributed by atoms with Crippen molar-refractivity contribution < 1.29 is 4.74 Å². The van der Waals surface area contributed by atoms with Crippen molar-refractivity contribution >= 4 is 12.2 Å². The van der Waals surface area contributed by atoms with E-state index in [1.54, 1.807) is 7.11 Å². The fourth-order valence-corrected chi connectivity index (χ4v) is 1.75. The molecule has 0 aromatic carbocycles. The molecule has 0 aliphatic heterocycles. The van der Waals surface area contributed by atoms with Crippen molar-refractivity contribution in [2.45, 2.75) is 32.7 Å². The van der Waals surface area contributed by atoms with Crippen LogP contribution < -0.4 is 0 Å². The number of aromatic nitrogens is 2. The molecule has 0 saturated heterocycles. The maximum Gasteiger partial charge on any atom is 0.177 e. The van der Waals surface area contributed by atoms with Crippen molar-refractivity contribution in [3.63, 3.8) is 0 Å². The molecule has 1 N–H and O–H groups in total. The van der Waals surface area contributed by atoms with Gasteiger partial charge in [-0.2, -0.15) is 0 Å². The third-order valence-corrected chi connectivity index (χ3v) is 2.64. The van der Waals surface area contributed by atoms with Crippen LogP contribution in [0.25, 0.3) is 0 Å². The molecule has 0 aliphatic carbocycles. The molecular formula is C10H18N2OS. The minimum absolute atomic E-state index is 0.828. The minimum atomic E-state index is 0.828.